The van der Waals surface area contributed by atoms with Gasteiger partial charge in [0.2, 0.25) is 5.91 Å². The van der Waals surface area contributed by atoms with Gasteiger partial charge in [0.15, 0.2) is 0 Å². The van der Waals surface area contributed by atoms with Crippen LogP contribution in [-0.4, -0.2) is 32.7 Å². The van der Waals surface area contributed by atoms with Crippen LogP contribution in [0.25, 0.3) is 10.2 Å². The van der Waals surface area contributed by atoms with E-state index in [-0.39, 0.29) is 17.9 Å². The summed E-state index contributed by atoms with van der Waals surface area (Å²) in [4.78, 5) is 30.6. The highest BCUT2D eigenvalue weighted by molar-refractivity contribution is 7.18. The highest BCUT2D eigenvalue weighted by Crippen LogP contribution is 2.30. The fourth-order valence-corrected chi connectivity index (χ4v) is 3.75. The van der Waals surface area contributed by atoms with Gasteiger partial charge in [-0.3, -0.25) is 14.2 Å². The first-order valence-electron chi connectivity index (χ1n) is 7.84. The van der Waals surface area contributed by atoms with E-state index in [0.29, 0.717) is 18.5 Å². The van der Waals surface area contributed by atoms with Crippen molar-refractivity contribution in [2.45, 2.75) is 51.7 Å². The molecule has 6 nitrogen and oxygen atoms in total. The number of carbonyl (C=O) groups is 1. The molecule has 1 saturated carbocycles. The van der Waals surface area contributed by atoms with Gasteiger partial charge in [-0.25, -0.2) is 4.98 Å². The van der Waals surface area contributed by atoms with Crippen LogP contribution < -0.4 is 10.9 Å². The number of carbonyl (C=O) groups excluding carboxylic acids is 1. The lowest BCUT2D eigenvalue weighted by Crippen LogP contribution is -2.47. The third kappa shape index (κ3) is 3.16. The predicted molar refractivity (Wildman–Crippen MR) is 89.8 cm³/mol. The van der Waals surface area contributed by atoms with Crippen LogP contribution in [-0.2, 0) is 11.3 Å². The third-order valence-electron chi connectivity index (χ3n) is 4.63. The van der Waals surface area contributed by atoms with Crippen LogP contribution in [0, 0.1) is 13.8 Å². The molecule has 2 aromatic rings. The van der Waals surface area contributed by atoms with Crippen molar-refractivity contribution in [3.8, 4) is 0 Å². The van der Waals surface area contributed by atoms with Crippen molar-refractivity contribution in [1.29, 1.82) is 0 Å². The number of hydrogen-bond acceptors (Lipinski definition) is 5. The van der Waals surface area contributed by atoms with Crippen LogP contribution in [0.3, 0.4) is 0 Å². The maximum atomic E-state index is 12.5. The van der Waals surface area contributed by atoms with Crippen molar-refractivity contribution in [2.75, 3.05) is 6.54 Å². The lowest BCUT2D eigenvalue weighted by atomic mass is 9.80. The molecular formula is C16H21N3O3S. The second-order valence-electron chi connectivity index (χ2n) is 6.31. The van der Waals surface area contributed by atoms with Gasteiger partial charge in [-0.05, 0) is 38.7 Å². The number of aryl methyl sites for hydroxylation is 3. The molecule has 2 aromatic heterocycles. The van der Waals surface area contributed by atoms with E-state index in [1.807, 2.05) is 13.8 Å². The van der Waals surface area contributed by atoms with Crippen molar-refractivity contribution in [3.63, 3.8) is 0 Å². The summed E-state index contributed by atoms with van der Waals surface area (Å²) in [7, 11) is 0. The van der Waals surface area contributed by atoms with Crippen LogP contribution in [0.4, 0.5) is 0 Å². The Balaban J connectivity index is 1.65. The van der Waals surface area contributed by atoms with Gasteiger partial charge in [0.05, 0.1) is 17.3 Å². The lowest BCUT2D eigenvalue weighted by molar-refractivity contribution is -0.123. The molecule has 2 heterocycles. The molecule has 0 spiro atoms. The lowest BCUT2D eigenvalue weighted by Gasteiger charge is -2.36. The second kappa shape index (κ2) is 6.05. The Morgan fingerprint density at radius 2 is 2.22 bits per heavy atom. The number of nitrogens with zero attached hydrogens (tertiary/aromatic N) is 2. The predicted octanol–water partition coefficient (Wildman–Crippen LogP) is 1.50. The monoisotopic (exact) mass is 335 g/mol. The van der Waals surface area contributed by atoms with E-state index in [9.17, 15) is 14.7 Å². The molecule has 1 fully saturated rings. The van der Waals surface area contributed by atoms with Crippen molar-refractivity contribution < 1.29 is 9.90 Å². The Hall–Kier alpha value is -1.73. The SMILES string of the molecule is Cc1sc2ncn(CCC(=O)NCC3(O)CCC3)c(=O)c2c1C. The molecule has 0 aliphatic heterocycles. The van der Waals surface area contributed by atoms with Crippen molar-refractivity contribution in [2.24, 2.45) is 0 Å². The van der Waals surface area contributed by atoms with Gasteiger partial charge in [0.1, 0.15) is 4.83 Å². The van der Waals surface area contributed by atoms with E-state index in [1.165, 1.54) is 22.2 Å². The minimum absolute atomic E-state index is 0.0951. The standard InChI is InChI=1S/C16H21N3O3S/c1-10-11(2)23-14-13(10)15(21)19(9-18-14)7-4-12(20)17-8-16(22)5-3-6-16/h9,22H,3-8H2,1-2H3,(H,17,20). The smallest absolute Gasteiger partial charge is 0.262 e. The number of nitrogens with one attached hydrogen (secondary N) is 1. The molecule has 0 aromatic carbocycles. The fourth-order valence-electron chi connectivity index (χ4n) is 2.76. The van der Waals surface area contributed by atoms with Gasteiger partial charge in [-0.15, -0.1) is 11.3 Å². The summed E-state index contributed by atoms with van der Waals surface area (Å²) in [6, 6.07) is 0. The van der Waals surface area contributed by atoms with Crippen LogP contribution in [0.1, 0.15) is 36.1 Å². The quantitative estimate of drug-likeness (QED) is 0.867. The van der Waals surface area contributed by atoms with E-state index in [1.54, 1.807) is 0 Å². The molecule has 0 unspecified atom stereocenters. The highest BCUT2D eigenvalue weighted by Gasteiger charge is 2.34. The Morgan fingerprint density at radius 1 is 1.48 bits per heavy atom. The molecule has 2 N–H and O–H groups in total. The molecule has 124 valence electrons. The zero-order valence-electron chi connectivity index (χ0n) is 13.4. The van der Waals surface area contributed by atoms with Gasteiger partial charge >= 0.3 is 0 Å². The Bertz CT molecular complexity index is 805. The third-order valence-corrected chi connectivity index (χ3v) is 5.75. The van der Waals surface area contributed by atoms with Crippen molar-refractivity contribution in [1.82, 2.24) is 14.9 Å². The fraction of sp³-hybridized carbons (Fsp3) is 0.562. The van der Waals surface area contributed by atoms with E-state index in [4.69, 9.17) is 0 Å². The zero-order chi connectivity index (χ0) is 16.6. The largest absolute Gasteiger partial charge is 0.388 e. The molecule has 0 saturated heterocycles. The average Bonchev–Trinajstić information content (AvgIpc) is 2.78. The van der Waals surface area contributed by atoms with E-state index < -0.39 is 5.60 Å². The summed E-state index contributed by atoms with van der Waals surface area (Å²) < 4.78 is 1.49. The molecular weight excluding hydrogens is 314 g/mol. The number of amides is 1. The average molecular weight is 335 g/mol. The number of fused-ring (bicyclic) bond motifs is 1. The molecule has 0 radical (unpaired) electrons. The summed E-state index contributed by atoms with van der Waals surface area (Å²) in [5.74, 6) is -0.157. The molecule has 1 aliphatic rings. The molecule has 1 amide bonds. The van der Waals surface area contributed by atoms with Crippen LogP contribution in [0.15, 0.2) is 11.1 Å². The molecule has 1 aliphatic carbocycles. The van der Waals surface area contributed by atoms with Gasteiger partial charge in [0, 0.05) is 24.4 Å². The van der Waals surface area contributed by atoms with Crippen LogP contribution in [0.2, 0.25) is 0 Å². The molecule has 0 atom stereocenters. The van der Waals surface area contributed by atoms with Crippen molar-refractivity contribution >= 4 is 27.5 Å². The van der Waals surface area contributed by atoms with Crippen LogP contribution in [0.5, 0.6) is 0 Å². The van der Waals surface area contributed by atoms with Gasteiger partial charge in [-0.1, -0.05) is 0 Å². The van der Waals surface area contributed by atoms with Crippen LogP contribution >= 0.6 is 11.3 Å². The Morgan fingerprint density at radius 3 is 2.87 bits per heavy atom. The molecule has 0 bridgehead atoms. The summed E-state index contributed by atoms with van der Waals surface area (Å²) in [6.07, 6.45) is 4.19. The topological polar surface area (TPSA) is 84.2 Å². The first-order chi connectivity index (χ1) is 10.9. The van der Waals surface area contributed by atoms with Gasteiger partial charge in [0.25, 0.3) is 5.56 Å². The first kappa shape index (κ1) is 16.1. The maximum Gasteiger partial charge on any atom is 0.262 e. The minimum atomic E-state index is -0.724. The molecule has 3 rings (SSSR count). The van der Waals surface area contributed by atoms with E-state index in [2.05, 4.69) is 10.3 Å². The van der Waals surface area contributed by atoms with Gasteiger partial charge in [-0.2, -0.15) is 0 Å². The highest BCUT2D eigenvalue weighted by atomic mass is 32.1. The normalized spacial score (nSPS) is 16.3. The number of aliphatic hydroxyl groups is 1. The van der Waals surface area contributed by atoms with Crippen molar-refractivity contribution in [3.05, 3.63) is 27.1 Å². The zero-order valence-corrected chi connectivity index (χ0v) is 14.2. The maximum absolute atomic E-state index is 12.5. The summed E-state index contributed by atoms with van der Waals surface area (Å²) >= 11 is 1.51. The summed E-state index contributed by atoms with van der Waals surface area (Å²) in [5.41, 5.74) is 0.147. The molecule has 23 heavy (non-hydrogen) atoms. The number of aromatic nitrogens is 2. The van der Waals surface area contributed by atoms with Gasteiger partial charge < -0.3 is 10.4 Å². The van der Waals surface area contributed by atoms with E-state index >= 15 is 0 Å². The van der Waals surface area contributed by atoms with E-state index in [0.717, 1.165) is 34.5 Å². The Kier molecular flexibility index (Phi) is 4.25. The number of thiophene rings is 1. The Labute approximate surface area is 138 Å². The minimum Gasteiger partial charge on any atom is -0.388 e. The summed E-state index contributed by atoms with van der Waals surface area (Å²) in [5, 5.41) is 13.4. The number of hydrogen-bond donors (Lipinski definition) is 2. The molecule has 7 heteroatoms. The number of rotatable bonds is 5. The summed E-state index contributed by atoms with van der Waals surface area (Å²) in [6.45, 7) is 4.49. The second-order valence-corrected chi connectivity index (χ2v) is 7.51. The first-order valence-corrected chi connectivity index (χ1v) is 8.65.